The Kier molecular flexibility index (Phi) is 3.37. The van der Waals surface area contributed by atoms with Gasteiger partial charge in [0.15, 0.2) is 0 Å². The van der Waals surface area contributed by atoms with Gasteiger partial charge in [-0.3, -0.25) is 0 Å². The van der Waals surface area contributed by atoms with Gasteiger partial charge in [-0.1, -0.05) is 31.0 Å². The molecule has 0 aromatic heterocycles. The van der Waals surface area contributed by atoms with Gasteiger partial charge in [0.25, 0.3) is 0 Å². The Balaban J connectivity index is 2.22. The lowest BCUT2D eigenvalue weighted by atomic mass is 9.91. The minimum atomic E-state index is -0.0799. The summed E-state index contributed by atoms with van der Waals surface area (Å²) >= 11 is 0. The Morgan fingerprint density at radius 3 is 2.53 bits per heavy atom. The van der Waals surface area contributed by atoms with Gasteiger partial charge in [0.2, 0.25) is 0 Å². The fourth-order valence-corrected chi connectivity index (χ4v) is 2.66. The summed E-state index contributed by atoms with van der Waals surface area (Å²) in [6.07, 6.45) is 5.02. The maximum absolute atomic E-state index is 13.6. The van der Waals surface area contributed by atoms with Crippen molar-refractivity contribution in [1.82, 2.24) is 5.32 Å². The van der Waals surface area contributed by atoms with Crippen LogP contribution in [0.1, 0.15) is 37.3 Å². The van der Waals surface area contributed by atoms with Crippen LogP contribution in [-0.4, -0.2) is 7.05 Å². The summed E-state index contributed by atoms with van der Waals surface area (Å²) < 4.78 is 13.6. The fourth-order valence-electron chi connectivity index (χ4n) is 2.66. The molecule has 0 bridgehead atoms. The molecule has 2 rings (SSSR count). The van der Waals surface area contributed by atoms with Crippen molar-refractivity contribution < 1.29 is 4.39 Å². The molecule has 1 aromatic carbocycles. The molecule has 0 radical (unpaired) electrons. The highest BCUT2D eigenvalue weighted by molar-refractivity contribution is 5.22. The molecule has 1 N–H and O–H groups in total. The number of hydrogen-bond acceptors (Lipinski definition) is 1. The van der Waals surface area contributed by atoms with E-state index in [-0.39, 0.29) is 11.9 Å². The summed E-state index contributed by atoms with van der Waals surface area (Å²) in [6, 6.07) is 7.30. The zero-order chi connectivity index (χ0) is 10.7. The van der Waals surface area contributed by atoms with E-state index in [9.17, 15) is 4.39 Å². The van der Waals surface area contributed by atoms with Crippen LogP contribution in [0.25, 0.3) is 0 Å². The lowest BCUT2D eigenvalue weighted by Crippen LogP contribution is -2.24. The highest BCUT2D eigenvalue weighted by Crippen LogP contribution is 2.36. The molecule has 0 aliphatic heterocycles. The monoisotopic (exact) mass is 207 g/mol. The van der Waals surface area contributed by atoms with Crippen molar-refractivity contribution in [3.63, 3.8) is 0 Å². The van der Waals surface area contributed by atoms with Crippen LogP contribution in [-0.2, 0) is 0 Å². The average Bonchev–Trinajstić information content (AvgIpc) is 2.75. The predicted molar refractivity (Wildman–Crippen MR) is 60.2 cm³/mol. The second-order valence-electron chi connectivity index (χ2n) is 4.33. The van der Waals surface area contributed by atoms with Crippen molar-refractivity contribution in [2.75, 3.05) is 7.05 Å². The molecular formula is C13H18FN. The van der Waals surface area contributed by atoms with Crippen molar-refractivity contribution in [3.8, 4) is 0 Å². The molecule has 82 valence electrons. The first-order chi connectivity index (χ1) is 7.33. The van der Waals surface area contributed by atoms with Crippen LogP contribution in [0.2, 0.25) is 0 Å². The molecule has 1 saturated carbocycles. The van der Waals surface area contributed by atoms with Gasteiger partial charge >= 0.3 is 0 Å². The van der Waals surface area contributed by atoms with E-state index in [1.807, 2.05) is 19.2 Å². The van der Waals surface area contributed by atoms with Gasteiger partial charge in [0, 0.05) is 11.6 Å². The van der Waals surface area contributed by atoms with Crippen molar-refractivity contribution in [3.05, 3.63) is 35.6 Å². The Morgan fingerprint density at radius 1 is 1.27 bits per heavy atom. The maximum atomic E-state index is 13.6. The summed E-state index contributed by atoms with van der Waals surface area (Å²) in [4.78, 5) is 0. The number of benzene rings is 1. The fraction of sp³-hybridized carbons (Fsp3) is 0.538. The molecular weight excluding hydrogens is 189 g/mol. The van der Waals surface area contributed by atoms with E-state index >= 15 is 0 Å². The van der Waals surface area contributed by atoms with Gasteiger partial charge in [-0.05, 0) is 31.9 Å². The van der Waals surface area contributed by atoms with E-state index in [0.717, 1.165) is 5.56 Å². The molecule has 1 fully saturated rings. The predicted octanol–water partition coefficient (Wildman–Crippen LogP) is 3.28. The molecule has 1 atom stereocenters. The van der Waals surface area contributed by atoms with Crippen LogP contribution in [0.3, 0.4) is 0 Å². The molecule has 1 aromatic rings. The number of halogens is 1. The highest BCUT2D eigenvalue weighted by Gasteiger charge is 2.26. The first-order valence-corrected chi connectivity index (χ1v) is 5.74. The Bertz CT molecular complexity index is 318. The lowest BCUT2D eigenvalue weighted by molar-refractivity contribution is 0.378. The maximum Gasteiger partial charge on any atom is 0.127 e. The largest absolute Gasteiger partial charge is 0.313 e. The molecule has 2 heteroatoms. The van der Waals surface area contributed by atoms with Crippen molar-refractivity contribution in [1.29, 1.82) is 0 Å². The molecule has 0 heterocycles. The second kappa shape index (κ2) is 4.75. The molecule has 0 saturated heterocycles. The standard InChI is InChI=1S/C13H18FN/c1-15-13(10-6-2-3-7-10)11-8-4-5-9-12(11)14/h4-5,8-10,13,15H,2-3,6-7H2,1H3. The Morgan fingerprint density at radius 2 is 1.93 bits per heavy atom. The van der Waals surface area contributed by atoms with E-state index in [2.05, 4.69) is 5.32 Å². The Labute approximate surface area is 90.7 Å². The van der Waals surface area contributed by atoms with Crippen molar-refractivity contribution in [2.45, 2.75) is 31.7 Å². The lowest BCUT2D eigenvalue weighted by Gasteiger charge is -2.23. The normalized spacial score (nSPS) is 19.3. The molecule has 0 spiro atoms. The summed E-state index contributed by atoms with van der Waals surface area (Å²) in [5, 5.41) is 3.26. The van der Waals surface area contributed by atoms with E-state index in [1.54, 1.807) is 12.1 Å². The van der Waals surface area contributed by atoms with Crippen LogP contribution < -0.4 is 5.32 Å². The first kappa shape index (κ1) is 10.6. The van der Waals surface area contributed by atoms with Crippen molar-refractivity contribution in [2.24, 2.45) is 5.92 Å². The van der Waals surface area contributed by atoms with Gasteiger partial charge < -0.3 is 5.32 Å². The van der Waals surface area contributed by atoms with E-state index < -0.39 is 0 Å². The highest BCUT2D eigenvalue weighted by atomic mass is 19.1. The number of nitrogens with one attached hydrogen (secondary N) is 1. The molecule has 15 heavy (non-hydrogen) atoms. The van der Waals surface area contributed by atoms with E-state index in [4.69, 9.17) is 0 Å². The quantitative estimate of drug-likeness (QED) is 0.802. The topological polar surface area (TPSA) is 12.0 Å². The molecule has 0 amide bonds. The second-order valence-corrected chi connectivity index (χ2v) is 4.33. The van der Waals surface area contributed by atoms with Gasteiger partial charge in [-0.2, -0.15) is 0 Å². The summed E-state index contributed by atoms with van der Waals surface area (Å²) in [5.74, 6) is 0.524. The SMILES string of the molecule is CNC(c1ccccc1F)C1CCCC1. The van der Waals surface area contributed by atoms with Gasteiger partial charge in [-0.15, -0.1) is 0 Å². The number of rotatable bonds is 3. The minimum Gasteiger partial charge on any atom is -0.313 e. The van der Waals surface area contributed by atoms with E-state index in [0.29, 0.717) is 5.92 Å². The van der Waals surface area contributed by atoms with Gasteiger partial charge in [-0.25, -0.2) is 4.39 Å². The molecule has 1 nitrogen and oxygen atoms in total. The zero-order valence-electron chi connectivity index (χ0n) is 9.17. The van der Waals surface area contributed by atoms with E-state index in [1.165, 1.54) is 25.7 Å². The summed E-state index contributed by atoms with van der Waals surface area (Å²) in [5.41, 5.74) is 0.826. The third-order valence-corrected chi connectivity index (χ3v) is 3.42. The Hall–Kier alpha value is -0.890. The van der Waals surface area contributed by atoms with Crippen molar-refractivity contribution >= 4 is 0 Å². The van der Waals surface area contributed by atoms with Crippen LogP contribution in [0, 0.1) is 11.7 Å². The third-order valence-electron chi connectivity index (χ3n) is 3.42. The minimum absolute atomic E-state index is 0.0799. The zero-order valence-corrected chi connectivity index (χ0v) is 9.17. The van der Waals surface area contributed by atoms with Crippen LogP contribution >= 0.6 is 0 Å². The van der Waals surface area contributed by atoms with Crippen LogP contribution in [0.5, 0.6) is 0 Å². The molecule has 1 unspecified atom stereocenters. The summed E-state index contributed by atoms with van der Waals surface area (Å²) in [6.45, 7) is 0. The summed E-state index contributed by atoms with van der Waals surface area (Å²) in [7, 11) is 1.93. The molecule has 1 aliphatic carbocycles. The average molecular weight is 207 g/mol. The first-order valence-electron chi connectivity index (χ1n) is 5.74. The smallest absolute Gasteiger partial charge is 0.127 e. The van der Waals surface area contributed by atoms with Crippen LogP contribution in [0.4, 0.5) is 4.39 Å². The van der Waals surface area contributed by atoms with Gasteiger partial charge in [0.1, 0.15) is 5.82 Å². The third kappa shape index (κ3) is 2.20. The van der Waals surface area contributed by atoms with Gasteiger partial charge in [0.05, 0.1) is 0 Å². The molecule has 1 aliphatic rings. The van der Waals surface area contributed by atoms with Crippen LogP contribution in [0.15, 0.2) is 24.3 Å². The number of hydrogen-bond donors (Lipinski definition) is 1.